The lowest BCUT2D eigenvalue weighted by atomic mass is 9.90. The number of aliphatic carboxylic acids is 1. The van der Waals surface area contributed by atoms with Crippen molar-refractivity contribution in [3.63, 3.8) is 0 Å². The molecular formula is C20H39NO3. The summed E-state index contributed by atoms with van der Waals surface area (Å²) >= 11 is 0. The summed E-state index contributed by atoms with van der Waals surface area (Å²) in [4.78, 5) is 11.1. The van der Waals surface area contributed by atoms with Gasteiger partial charge in [-0.25, -0.2) is 0 Å². The average molecular weight is 342 g/mol. The second-order valence-electron chi connectivity index (χ2n) is 6.90. The van der Waals surface area contributed by atoms with Crippen molar-refractivity contribution < 1.29 is 15.0 Å². The van der Waals surface area contributed by atoms with Crippen molar-refractivity contribution in [2.45, 2.75) is 109 Å². The number of nitrogens with two attached hydrogens (primary N) is 1. The van der Waals surface area contributed by atoms with Gasteiger partial charge in [0.1, 0.15) is 11.6 Å². The molecule has 0 aromatic heterocycles. The van der Waals surface area contributed by atoms with Crippen LogP contribution in [0.1, 0.15) is 97.3 Å². The molecule has 0 unspecified atom stereocenters. The van der Waals surface area contributed by atoms with Gasteiger partial charge < -0.3 is 15.9 Å². The van der Waals surface area contributed by atoms with Crippen LogP contribution in [0.2, 0.25) is 0 Å². The molecule has 0 aliphatic rings. The molecule has 0 fully saturated rings. The minimum Gasteiger partial charge on any atom is -0.480 e. The number of unbranched alkanes of at least 4 members (excludes halogenated alkanes) is 11. The van der Waals surface area contributed by atoms with E-state index in [4.69, 9.17) is 10.8 Å². The van der Waals surface area contributed by atoms with E-state index in [1.54, 1.807) is 6.92 Å². The van der Waals surface area contributed by atoms with Gasteiger partial charge >= 0.3 is 5.97 Å². The van der Waals surface area contributed by atoms with Crippen molar-refractivity contribution in [2.75, 3.05) is 0 Å². The van der Waals surface area contributed by atoms with E-state index < -0.39 is 17.6 Å². The third kappa shape index (κ3) is 10.1. The summed E-state index contributed by atoms with van der Waals surface area (Å²) in [5.74, 6) is -1.16. The minimum absolute atomic E-state index is 0.201. The molecule has 0 aliphatic heterocycles. The van der Waals surface area contributed by atoms with E-state index in [1.165, 1.54) is 70.3 Å². The van der Waals surface area contributed by atoms with Gasteiger partial charge in [0.05, 0.1) is 0 Å². The van der Waals surface area contributed by atoms with Crippen LogP contribution in [0, 0.1) is 0 Å². The smallest absolute Gasteiger partial charge is 0.326 e. The molecule has 0 amide bonds. The molecule has 4 nitrogen and oxygen atoms in total. The average Bonchev–Trinajstić information content (AvgIpc) is 2.57. The summed E-state index contributed by atoms with van der Waals surface area (Å²) in [5, 5.41) is 19.0. The Bertz CT molecular complexity index is 344. The Kier molecular flexibility index (Phi) is 13.9. The molecule has 0 aliphatic carbocycles. The first-order valence-corrected chi connectivity index (χ1v) is 9.86. The molecule has 0 heterocycles. The Balaban J connectivity index is 3.57. The molecule has 2 atom stereocenters. The van der Waals surface area contributed by atoms with Gasteiger partial charge in [-0.3, -0.25) is 4.79 Å². The molecule has 24 heavy (non-hydrogen) atoms. The van der Waals surface area contributed by atoms with Crippen LogP contribution in [0.3, 0.4) is 0 Å². The summed E-state index contributed by atoms with van der Waals surface area (Å²) < 4.78 is 0. The largest absolute Gasteiger partial charge is 0.480 e. The van der Waals surface area contributed by atoms with Gasteiger partial charge in [-0.05, 0) is 19.3 Å². The Hall–Kier alpha value is -0.870. The number of carbonyl (C=O) groups is 1. The Morgan fingerprint density at radius 1 is 0.958 bits per heavy atom. The summed E-state index contributed by atoms with van der Waals surface area (Å²) in [7, 11) is 0. The zero-order valence-corrected chi connectivity index (χ0v) is 15.8. The number of hydrogen-bond donors (Lipinski definition) is 3. The first-order chi connectivity index (χ1) is 11.5. The summed E-state index contributed by atoms with van der Waals surface area (Å²) in [6.45, 7) is 3.92. The van der Waals surface area contributed by atoms with Gasteiger partial charge in [0.25, 0.3) is 0 Å². The fraction of sp³-hybridized carbons (Fsp3) is 0.850. The lowest BCUT2D eigenvalue weighted by molar-refractivity contribution is -0.146. The molecule has 0 saturated carbocycles. The first-order valence-electron chi connectivity index (χ1n) is 9.86. The predicted molar refractivity (Wildman–Crippen MR) is 101 cm³/mol. The number of rotatable bonds is 16. The maximum absolute atomic E-state index is 11.1. The van der Waals surface area contributed by atoms with Crippen molar-refractivity contribution in [1.82, 2.24) is 0 Å². The van der Waals surface area contributed by atoms with Crippen LogP contribution in [-0.4, -0.2) is 27.8 Å². The standard InChI is InChI=1S/C20H39NO3/c1-3-5-6-7-8-9-10-11-12-13-14-15-16-17-18(22)20(21,4-2)19(23)24/h16-18,22H,3-15,21H2,1-2H3,(H,23,24)/b17-16+/t18-,20-/m1/s1. The van der Waals surface area contributed by atoms with Crippen molar-refractivity contribution in [3.8, 4) is 0 Å². The quantitative estimate of drug-likeness (QED) is 0.278. The Morgan fingerprint density at radius 3 is 1.83 bits per heavy atom. The summed E-state index contributed by atoms with van der Waals surface area (Å²) in [6.07, 6.45) is 17.7. The van der Waals surface area contributed by atoms with Crippen LogP contribution < -0.4 is 5.73 Å². The number of aliphatic hydroxyl groups excluding tert-OH is 1. The lowest BCUT2D eigenvalue weighted by Gasteiger charge is -2.26. The fourth-order valence-electron chi connectivity index (χ4n) is 2.81. The van der Waals surface area contributed by atoms with E-state index in [9.17, 15) is 9.90 Å². The van der Waals surface area contributed by atoms with Crippen molar-refractivity contribution in [3.05, 3.63) is 12.2 Å². The van der Waals surface area contributed by atoms with Crippen LogP contribution in [0.15, 0.2) is 12.2 Å². The maximum Gasteiger partial charge on any atom is 0.326 e. The molecule has 0 rings (SSSR count). The predicted octanol–water partition coefficient (Wildman–Crippen LogP) is 4.80. The van der Waals surface area contributed by atoms with Crippen molar-refractivity contribution >= 4 is 5.97 Å². The molecule has 4 heteroatoms. The van der Waals surface area contributed by atoms with Gasteiger partial charge in [0, 0.05) is 0 Å². The van der Waals surface area contributed by atoms with Crippen LogP contribution in [-0.2, 0) is 4.79 Å². The molecule has 0 aromatic rings. The fourth-order valence-corrected chi connectivity index (χ4v) is 2.81. The SMILES string of the molecule is CCCCCCCCCCCCC/C=C/[C@@H](O)[C@](N)(CC)C(=O)O. The molecule has 4 N–H and O–H groups in total. The third-order valence-electron chi connectivity index (χ3n) is 4.80. The van der Waals surface area contributed by atoms with Gasteiger partial charge in [-0.2, -0.15) is 0 Å². The van der Waals surface area contributed by atoms with E-state index >= 15 is 0 Å². The zero-order valence-electron chi connectivity index (χ0n) is 15.8. The highest BCUT2D eigenvalue weighted by Crippen LogP contribution is 2.15. The first kappa shape index (κ1) is 23.1. The highest BCUT2D eigenvalue weighted by Gasteiger charge is 2.38. The summed E-state index contributed by atoms with van der Waals surface area (Å²) in [6, 6.07) is 0. The molecule has 0 radical (unpaired) electrons. The Morgan fingerprint density at radius 2 is 1.42 bits per heavy atom. The molecule has 0 saturated heterocycles. The van der Waals surface area contributed by atoms with E-state index in [0.29, 0.717) is 0 Å². The van der Waals surface area contributed by atoms with E-state index in [1.807, 2.05) is 6.08 Å². The summed E-state index contributed by atoms with van der Waals surface area (Å²) in [5.41, 5.74) is 4.15. The molecule has 142 valence electrons. The number of hydrogen-bond acceptors (Lipinski definition) is 3. The normalized spacial score (nSPS) is 15.5. The second kappa shape index (κ2) is 14.5. The van der Waals surface area contributed by atoms with Crippen LogP contribution in [0.25, 0.3) is 0 Å². The number of aliphatic hydroxyl groups is 1. The molecule has 0 spiro atoms. The zero-order chi connectivity index (χ0) is 18.3. The van der Waals surface area contributed by atoms with Gasteiger partial charge in [0.2, 0.25) is 0 Å². The molecule has 0 aromatic carbocycles. The van der Waals surface area contributed by atoms with Crippen molar-refractivity contribution in [1.29, 1.82) is 0 Å². The number of carboxylic acids is 1. The Labute approximate surface area is 148 Å². The van der Waals surface area contributed by atoms with Crippen LogP contribution >= 0.6 is 0 Å². The third-order valence-corrected chi connectivity index (χ3v) is 4.80. The van der Waals surface area contributed by atoms with Crippen molar-refractivity contribution in [2.24, 2.45) is 5.73 Å². The monoisotopic (exact) mass is 341 g/mol. The lowest BCUT2D eigenvalue weighted by Crippen LogP contribution is -2.56. The highest BCUT2D eigenvalue weighted by molar-refractivity contribution is 5.79. The second-order valence-corrected chi connectivity index (χ2v) is 6.90. The minimum atomic E-state index is -1.58. The van der Waals surface area contributed by atoms with Crippen LogP contribution in [0.5, 0.6) is 0 Å². The number of allylic oxidation sites excluding steroid dienone is 1. The highest BCUT2D eigenvalue weighted by atomic mass is 16.4. The van der Waals surface area contributed by atoms with Gasteiger partial charge in [-0.1, -0.05) is 90.2 Å². The maximum atomic E-state index is 11.1. The van der Waals surface area contributed by atoms with E-state index in [2.05, 4.69) is 6.92 Å². The topological polar surface area (TPSA) is 83.5 Å². The van der Waals surface area contributed by atoms with Gasteiger partial charge in [0.15, 0.2) is 0 Å². The molecular weight excluding hydrogens is 302 g/mol. The number of carboxylic acid groups (broad SMARTS) is 1. The van der Waals surface area contributed by atoms with E-state index in [-0.39, 0.29) is 6.42 Å². The molecule has 0 bridgehead atoms. The van der Waals surface area contributed by atoms with Gasteiger partial charge in [-0.15, -0.1) is 0 Å². The van der Waals surface area contributed by atoms with Crippen LogP contribution in [0.4, 0.5) is 0 Å². The van der Waals surface area contributed by atoms with E-state index in [0.717, 1.165) is 12.8 Å².